The molecule has 26 heteroatoms. The topological polar surface area (TPSA) is 311 Å². The van der Waals surface area contributed by atoms with Crippen LogP contribution in [0.4, 0.5) is 0 Å². The van der Waals surface area contributed by atoms with Crippen molar-refractivity contribution in [2.45, 2.75) is 243 Å². The third-order valence-electron chi connectivity index (χ3n) is 16.7. The van der Waals surface area contributed by atoms with E-state index in [1.807, 2.05) is 41.5 Å². The minimum atomic E-state index is -2.04. The van der Waals surface area contributed by atoms with Crippen molar-refractivity contribution in [1.29, 1.82) is 0 Å². The van der Waals surface area contributed by atoms with Crippen LogP contribution in [-0.2, 0) is 71.8 Å². The van der Waals surface area contributed by atoms with Gasteiger partial charge in [0.2, 0.25) is 59.1 Å². The SMILES string of the molecule is C/C=C/C[C@@H](C)[C@@H](OC(C)=O)[C@H]1C(=O)N[C@@H](CC)C(=O)N(C)C(OC(C)=O)C(=O)N(C)[C@@H](CC(C)C)C(=O)N[C@@H](C(C)C)C(=O)N(C)[C@@H](CC(C)C)C(=O)N[C@@H](C)C(=O)N[C@H](C)C(=O)N(C)[C@@H](CC(C)C)C(=O)N(C)[C@@H](CC(C)C)C(=O)N(C)[C@@H](C(C)C)C(=O)N1C. The number of esters is 2. The number of nitrogens with one attached hydrogen (secondary N) is 4. The number of carbonyl (C=O) groups is 13. The van der Waals surface area contributed by atoms with Crippen LogP contribution < -0.4 is 21.3 Å². The summed E-state index contributed by atoms with van der Waals surface area (Å²) in [6.07, 6.45) is 0.526. The minimum Gasteiger partial charge on any atom is -0.459 e. The Bertz CT molecular complexity index is 2610. The number of ether oxygens (including phenoxy) is 2. The largest absolute Gasteiger partial charge is 0.459 e. The number of hydrogen-bond acceptors (Lipinski definition) is 15. The van der Waals surface area contributed by atoms with Crippen LogP contribution in [0.3, 0.4) is 0 Å². The van der Waals surface area contributed by atoms with E-state index in [0.29, 0.717) is 0 Å². The highest BCUT2D eigenvalue weighted by Gasteiger charge is 2.48. The maximum Gasteiger partial charge on any atom is 0.304 e. The lowest BCUT2D eigenvalue weighted by atomic mass is 9.91. The molecule has 1 aliphatic heterocycles. The van der Waals surface area contributed by atoms with E-state index in [-0.39, 0.29) is 62.2 Å². The molecule has 1 heterocycles. The van der Waals surface area contributed by atoms with Crippen LogP contribution in [0.15, 0.2) is 12.2 Å². The molecule has 11 amide bonds. The molecule has 0 saturated carbocycles. The highest BCUT2D eigenvalue weighted by atomic mass is 16.6. The van der Waals surface area contributed by atoms with Crippen molar-refractivity contribution in [2.24, 2.45) is 41.4 Å². The van der Waals surface area contributed by atoms with Crippen molar-refractivity contribution in [1.82, 2.24) is 55.6 Å². The average Bonchev–Trinajstić information content (AvgIpc) is 0.814. The molecule has 0 aromatic heterocycles. The predicted octanol–water partition coefficient (Wildman–Crippen LogP) is 3.73. The van der Waals surface area contributed by atoms with Gasteiger partial charge >= 0.3 is 11.9 Å². The molecular weight excluding hydrogens is 1190 g/mol. The highest BCUT2D eigenvalue weighted by Crippen LogP contribution is 2.27. The molecule has 524 valence electrons. The van der Waals surface area contributed by atoms with Crippen LogP contribution in [-0.4, -0.2) is 233 Å². The first-order valence-electron chi connectivity index (χ1n) is 32.5. The predicted molar refractivity (Wildman–Crippen MR) is 349 cm³/mol. The molecule has 1 unspecified atom stereocenters. The first kappa shape index (κ1) is 82.9. The van der Waals surface area contributed by atoms with E-state index >= 15 is 19.2 Å². The van der Waals surface area contributed by atoms with Crippen molar-refractivity contribution in [3.05, 3.63) is 12.2 Å². The Balaban J connectivity index is 4.60. The van der Waals surface area contributed by atoms with E-state index in [9.17, 15) is 43.2 Å². The number of nitrogens with zero attached hydrogens (tertiary/aromatic N) is 7. The van der Waals surface area contributed by atoms with E-state index in [0.717, 1.165) is 35.6 Å². The molecule has 1 saturated heterocycles. The van der Waals surface area contributed by atoms with Gasteiger partial charge in [-0.2, -0.15) is 0 Å². The molecule has 0 aromatic carbocycles. The molecule has 0 spiro atoms. The molecule has 0 bridgehead atoms. The van der Waals surface area contributed by atoms with Gasteiger partial charge in [-0.15, -0.1) is 0 Å². The van der Waals surface area contributed by atoms with Gasteiger partial charge in [0.05, 0.1) is 0 Å². The smallest absolute Gasteiger partial charge is 0.304 e. The molecule has 4 N–H and O–H groups in total. The van der Waals surface area contributed by atoms with Gasteiger partial charge in [0.1, 0.15) is 66.5 Å². The fourth-order valence-electron chi connectivity index (χ4n) is 11.3. The lowest BCUT2D eigenvalue weighted by molar-refractivity contribution is -0.176. The van der Waals surface area contributed by atoms with Gasteiger partial charge in [-0.25, -0.2) is 0 Å². The summed E-state index contributed by atoms with van der Waals surface area (Å²) in [4.78, 5) is 197. The number of hydrogen-bond donors (Lipinski definition) is 4. The third kappa shape index (κ3) is 23.1. The summed E-state index contributed by atoms with van der Waals surface area (Å²) in [7, 11) is 9.40. The zero-order valence-corrected chi connectivity index (χ0v) is 60.1. The summed E-state index contributed by atoms with van der Waals surface area (Å²) >= 11 is 0. The van der Waals surface area contributed by atoms with E-state index < -0.39 is 167 Å². The molecule has 1 rings (SSSR count). The number of rotatable bonds is 17. The van der Waals surface area contributed by atoms with Gasteiger partial charge in [0, 0.05) is 63.2 Å². The van der Waals surface area contributed by atoms with Gasteiger partial charge in [-0.05, 0) is 101 Å². The van der Waals surface area contributed by atoms with Gasteiger partial charge in [0.15, 0.2) is 0 Å². The van der Waals surface area contributed by atoms with E-state index in [2.05, 4.69) is 21.3 Å². The third-order valence-corrected chi connectivity index (χ3v) is 16.7. The van der Waals surface area contributed by atoms with Crippen molar-refractivity contribution in [3.8, 4) is 0 Å². The number of carbonyl (C=O) groups excluding carboxylic acids is 13. The zero-order valence-electron chi connectivity index (χ0n) is 60.1. The van der Waals surface area contributed by atoms with Crippen LogP contribution >= 0.6 is 0 Å². The molecule has 26 nitrogen and oxygen atoms in total. The van der Waals surface area contributed by atoms with Crippen LogP contribution in [0.1, 0.15) is 170 Å². The molecule has 13 atom stereocenters. The lowest BCUT2D eigenvalue weighted by Gasteiger charge is -2.42. The standard InChI is InChI=1S/C66H115N11O15/c1-27-29-30-41(15)54(91-44(18)78)53-58(83)69-46(28-2)60(85)77(26)66(92-45(19)79)65(90)72(21)48(32-36(5)6)57(82)70-51(39(11)12)63(88)71(20)47(31-35(3)4)56(81)67-42(16)55(80)68-43(17)59(84)73(22)49(33-37(7)8)61(86)74(23)50(34-38(9)10)62(87)75(24)52(40(13)14)64(89)76(53)25/h27,29,35-43,46-54,66H,28,30-34H2,1-26H3,(H,67,81)(H,68,80)(H,69,83)(H,70,82)/b29-27+/t41-,42+,43-,46+,47+,48+,49+,50+,51+,52+,53+,54-,66?/m1/s1. The average molecular weight is 1300 g/mol. The maximum absolute atomic E-state index is 15.5. The Morgan fingerprint density at radius 1 is 0.446 bits per heavy atom. The Hall–Kier alpha value is -7.15. The molecular formula is C66H115N11O15. The van der Waals surface area contributed by atoms with Crippen LogP contribution in [0.2, 0.25) is 0 Å². The van der Waals surface area contributed by atoms with E-state index in [4.69, 9.17) is 9.47 Å². The number of likely N-dealkylation sites (N-methyl/N-ethyl adjacent to an activating group) is 7. The minimum absolute atomic E-state index is 0.00269. The Morgan fingerprint density at radius 2 is 0.859 bits per heavy atom. The number of allylic oxidation sites excluding steroid dienone is 2. The summed E-state index contributed by atoms with van der Waals surface area (Å²) < 4.78 is 11.5. The molecule has 0 aliphatic carbocycles. The zero-order chi connectivity index (χ0) is 71.4. The first-order valence-corrected chi connectivity index (χ1v) is 32.5. The van der Waals surface area contributed by atoms with Crippen molar-refractivity contribution >= 4 is 76.9 Å². The van der Waals surface area contributed by atoms with Gasteiger partial charge in [-0.3, -0.25) is 62.3 Å². The van der Waals surface area contributed by atoms with E-state index in [1.165, 1.54) is 75.7 Å². The van der Waals surface area contributed by atoms with Gasteiger partial charge in [-0.1, -0.05) is 109 Å². The second-order valence-electron chi connectivity index (χ2n) is 27.3. The Kier molecular flexibility index (Phi) is 33.8. The quantitative estimate of drug-likeness (QED) is 0.119. The summed E-state index contributed by atoms with van der Waals surface area (Å²) in [5.41, 5.74) is 0. The summed E-state index contributed by atoms with van der Waals surface area (Å²) in [5, 5.41) is 10.9. The van der Waals surface area contributed by atoms with E-state index in [1.54, 1.807) is 74.5 Å². The fraction of sp³-hybridized carbons (Fsp3) is 0.773. The van der Waals surface area contributed by atoms with Gasteiger partial charge < -0.3 is 65.0 Å². The fourth-order valence-corrected chi connectivity index (χ4v) is 11.3. The lowest BCUT2D eigenvalue weighted by Crippen LogP contribution is -2.64. The van der Waals surface area contributed by atoms with Crippen LogP contribution in [0.5, 0.6) is 0 Å². The molecule has 0 aromatic rings. The molecule has 1 fully saturated rings. The summed E-state index contributed by atoms with van der Waals surface area (Å²) in [6, 6.07) is -13.4. The Morgan fingerprint density at radius 3 is 1.28 bits per heavy atom. The van der Waals surface area contributed by atoms with Gasteiger partial charge in [0.25, 0.3) is 12.1 Å². The highest BCUT2D eigenvalue weighted by molar-refractivity contribution is 6.00. The summed E-state index contributed by atoms with van der Waals surface area (Å²) in [5.74, 6) is -13.3. The number of amides is 11. The second-order valence-corrected chi connectivity index (χ2v) is 27.3. The van der Waals surface area contributed by atoms with Crippen molar-refractivity contribution in [3.63, 3.8) is 0 Å². The van der Waals surface area contributed by atoms with Crippen molar-refractivity contribution < 1.29 is 71.8 Å². The normalized spacial score (nSPS) is 26.4. The second kappa shape index (κ2) is 37.5. The monoisotopic (exact) mass is 1300 g/mol. The van der Waals surface area contributed by atoms with Crippen molar-refractivity contribution in [2.75, 3.05) is 49.3 Å². The summed E-state index contributed by atoms with van der Waals surface area (Å²) in [6.45, 7) is 31.4. The molecule has 1 aliphatic rings. The van der Waals surface area contributed by atoms with Crippen LogP contribution in [0.25, 0.3) is 0 Å². The molecule has 92 heavy (non-hydrogen) atoms. The van der Waals surface area contributed by atoms with Crippen LogP contribution in [0, 0.1) is 41.4 Å². The Labute approximate surface area is 548 Å². The maximum atomic E-state index is 15.5. The molecule has 0 radical (unpaired) electrons. The first-order chi connectivity index (χ1) is 42.4.